The summed E-state index contributed by atoms with van der Waals surface area (Å²) in [5.74, 6) is 0. The van der Waals surface area contributed by atoms with Gasteiger partial charge in [0.2, 0.25) is 0 Å². The van der Waals surface area contributed by atoms with Crippen molar-refractivity contribution >= 4 is 17.1 Å². The zero-order valence-electron chi connectivity index (χ0n) is 10.5. The molecule has 92 valence electrons. The molecular weight excluding hydrogens is 236 g/mol. The normalized spacial score (nSPS) is 9.42. The van der Waals surface area contributed by atoms with Gasteiger partial charge in [-0.25, -0.2) is 0 Å². The Kier molecular flexibility index (Phi) is 3.36. The van der Waals surface area contributed by atoms with E-state index in [1.54, 1.807) is 24.3 Å². The summed E-state index contributed by atoms with van der Waals surface area (Å²) in [5, 5.41) is 17.9. The summed E-state index contributed by atoms with van der Waals surface area (Å²) >= 11 is 0. The van der Waals surface area contributed by atoms with Crippen LogP contribution in [0.3, 0.4) is 0 Å². The van der Waals surface area contributed by atoms with Crippen molar-refractivity contribution in [1.29, 1.82) is 10.5 Å². The molecule has 0 atom stereocenters. The first kappa shape index (κ1) is 12.5. The van der Waals surface area contributed by atoms with E-state index >= 15 is 0 Å². The van der Waals surface area contributed by atoms with Gasteiger partial charge in [-0.2, -0.15) is 10.5 Å². The minimum atomic E-state index is 0.520. The second kappa shape index (κ2) is 5.12. The number of hydrogen-bond donors (Lipinski definition) is 1. The third-order valence-electron chi connectivity index (χ3n) is 2.89. The number of nitriles is 2. The molecule has 0 aromatic heterocycles. The zero-order chi connectivity index (χ0) is 13.8. The first-order valence-corrected chi connectivity index (χ1v) is 5.69. The van der Waals surface area contributed by atoms with Gasteiger partial charge in [0.05, 0.1) is 22.9 Å². The van der Waals surface area contributed by atoms with E-state index in [1.807, 2.05) is 30.1 Å². The van der Waals surface area contributed by atoms with Crippen molar-refractivity contribution < 1.29 is 0 Å². The molecule has 2 aromatic carbocycles. The topological polar surface area (TPSA) is 76.8 Å². The highest BCUT2D eigenvalue weighted by Crippen LogP contribution is 2.28. The summed E-state index contributed by atoms with van der Waals surface area (Å²) in [6, 6.07) is 16.6. The van der Waals surface area contributed by atoms with Gasteiger partial charge >= 0.3 is 0 Å². The lowest BCUT2D eigenvalue weighted by atomic mass is 10.1. The maximum absolute atomic E-state index is 9.15. The van der Waals surface area contributed by atoms with Crippen LogP contribution >= 0.6 is 0 Å². The molecule has 2 aromatic rings. The number of hydrogen-bond acceptors (Lipinski definition) is 4. The molecule has 19 heavy (non-hydrogen) atoms. The Morgan fingerprint density at radius 2 is 1.68 bits per heavy atom. The zero-order valence-corrected chi connectivity index (χ0v) is 10.5. The van der Waals surface area contributed by atoms with Gasteiger partial charge in [0.15, 0.2) is 0 Å². The molecule has 0 heterocycles. The maximum Gasteiger partial charge on any atom is 0.101 e. The highest BCUT2D eigenvalue weighted by Gasteiger charge is 2.09. The Labute approximate surface area is 111 Å². The lowest BCUT2D eigenvalue weighted by Gasteiger charge is -2.20. The van der Waals surface area contributed by atoms with E-state index in [0.29, 0.717) is 16.8 Å². The molecule has 0 amide bonds. The molecule has 0 fully saturated rings. The summed E-state index contributed by atoms with van der Waals surface area (Å²) in [6.07, 6.45) is 0. The summed E-state index contributed by atoms with van der Waals surface area (Å²) in [6.45, 7) is 0. The molecule has 0 aliphatic heterocycles. The van der Waals surface area contributed by atoms with E-state index in [-0.39, 0.29) is 0 Å². The van der Waals surface area contributed by atoms with Gasteiger partial charge in [-0.15, -0.1) is 0 Å². The fraction of sp³-hybridized carbons (Fsp3) is 0.0667. The smallest absolute Gasteiger partial charge is 0.101 e. The fourth-order valence-corrected chi connectivity index (χ4v) is 1.83. The van der Waals surface area contributed by atoms with E-state index in [9.17, 15) is 0 Å². The maximum atomic E-state index is 9.15. The molecule has 0 bridgehead atoms. The van der Waals surface area contributed by atoms with E-state index in [0.717, 1.165) is 11.4 Å². The van der Waals surface area contributed by atoms with Gasteiger partial charge in [-0.05, 0) is 42.5 Å². The Morgan fingerprint density at radius 3 is 2.26 bits per heavy atom. The predicted molar refractivity (Wildman–Crippen MR) is 74.8 cm³/mol. The Bertz CT molecular complexity index is 675. The molecule has 4 nitrogen and oxygen atoms in total. The van der Waals surface area contributed by atoms with Crippen molar-refractivity contribution in [2.45, 2.75) is 0 Å². The lowest BCUT2D eigenvalue weighted by Crippen LogP contribution is -2.11. The molecule has 0 aliphatic rings. The predicted octanol–water partition coefficient (Wildman–Crippen LogP) is 2.78. The van der Waals surface area contributed by atoms with E-state index in [4.69, 9.17) is 16.3 Å². The van der Waals surface area contributed by atoms with Crippen LogP contribution in [-0.2, 0) is 0 Å². The summed E-state index contributed by atoms with van der Waals surface area (Å²) in [5.41, 5.74) is 9.05. The van der Waals surface area contributed by atoms with Gasteiger partial charge in [0, 0.05) is 18.4 Å². The number of nitrogens with zero attached hydrogens (tertiary/aromatic N) is 3. The molecule has 2 N–H and O–H groups in total. The molecule has 0 unspecified atom stereocenters. The van der Waals surface area contributed by atoms with Crippen molar-refractivity contribution in [2.24, 2.45) is 0 Å². The number of rotatable bonds is 2. The van der Waals surface area contributed by atoms with Crippen LogP contribution in [0, 0.1) is 22.7 Å². The van der Waals surface area contributed by atoms with Gasteiger partial charge in [-0.3, -0.25) is 0 Å². The van der Waals surface area contributed by atoms with Crippen molar-refractivity contribution in [3.05, 3.63) is 53.6 Å². The highest BCUT2D eigenvalue weighted by molar-refractivity contribution is 5.71. The SMILES string of the molecule is CN(c1ccc(C#N)cc1)c1ccc(N)cc1C#N. The average molecular weight is 248 g/mol. The monoisotopic (exact) mass is 248 g/mol. The molecule has 0 spiro atoms. The summed E-state index contributed by atoms with van der Waals surface area (Å²) in [7, 11) is 1.87. The minimum absolute atomic E-state index is 0.520. The number of anilines is 3. The minimum Gasteiger partial charge on any atom is -0.399 e. The largest absolute Gasteiger partial charge is 0.399 e. The van der Waals surface area contributed by atoms with E-state index in [2.05, 4.69) is 12.1 Å². The van der Waals surface area contributed by atoms with Crippen molar-refractivity contribution in [3.8, 4) is 12.1 Å². The van der Waals surface area contributed by atoms with Crippen LogP contribution in [0.5, 0.6) is 0 Å². The molecule has 2 rings (SSSR count). The van der Waals surface area contributed by atoms with Crippen molar-refractivity contribution in [3.63, 3.8) is 0 Å². The lowest BCUT2D eigenvalue weighted by molar-refractivity contribution is 1.20. The number of benzene rings is 2. The average Bonchev–Trinajstić information content (AvgIpc) is 2.46. The second-order valence-corrected chi connectivity index (χ2v) is 4.11. The standard InChI is InChI=1S/C15H12N4/c1-19(14-5-2-11(9-16)3-6-14)15-7-4-13(18)8-12(15)10-17/h2-8H,18H2,1H3. The fourth-order valence-electron chi connectivity index (χ4n) is 1.83. The van der Waals surface area contributed by atoms with Gasteiger partial charge in [-0.1, -0.05) is 0 Å². The number of nitrogen functional groups attached to an aromatic ring is 1. The third kappa shape index (κ3) is 2.48. The van der Waals surface area contributed by atoms with Crippen LogP contribution in [0.4, 0.5) is 17.1 Å². The van der Waals surface area contributed by atoms with Crippen LogP contribution in [0.25, 0.3) is 0 Å². The van der Waals surface area contributed by atoms with Gasteiger partial charge in [0.1, 0.15) is 6.07 Å². The molecule has 0 radical (unpaired) electrons. The van der Waals surface area contributed by atoms with Crippen LogP contribution in [0.1, 0.15) is 11.1 Å². The Hall–Kier alpha value is -2.98. The molecule has 4 heteroatoms. The van der Waals surface area contributed by atoms with Crippen LogP contribution in [-0.4, -0.2) is 7.05 Å². The van der Waals surface area contributed by atoms with Crippen LogP contribution < -0.4 is 10.6 Å². The Balaban J connectivity index is 2.41. The molecule has 0 aliphatic carbocycles. The summed E-state index contributed by atoms with van der Waals surface area (Å²) < 4.78 is 0. The second-order valence-electron chi connectivity index (χ2n) is 4.11. The van der Waals surface area contributed by atoms with E-state index in [1.165, 1.54) is 0 Å². The number of nitrogens with two attached hydrogens (primary N) is 1. The molecule has 0 saturated carbocycles. The van der Waals surface area contributed by atoms with Crippen LogP contribution in [0.2, 0.25) is 0 Å². The molecule has 0 saturated heterocycles. The Morgan fingerprint density at radius 1 is 1.00 bits per heavy atom. The van der Waals surface area contributed by atoms with Crippen molar-refractivity contribution in [2.75, 3.05) is 17.7 Å². The van der Waals surface area contributed by atoms with E-state index < -0.39 is 0 Å². The molecular formula is C15H12N4. The van der Waals surface area contributed by atoms with Crippen molar-refractivity contribution in [1.82, 2.24) is 0 Å². The first-order chi connectivity index (χ1) is 9.15. The van der Waals surface area contributed by atoms with Gasteiger partial charge < -0.3 is 10.6 Å². The van der Waals surface area contributed by atoms with Crippen LogP contribution in [0.15, 0.2) is 42.5 Å². The quantitative estimate of drug-likeness (QED) is 0.829. The van der Waals surface area contributed by atoms with Gasteiger partial charge in [0.25, 0.3) is 0 Å². The highest BCUT2D eigenvalue weighted by atomic mass is 15.1. The third-order valence-corrected chi connectivity index (χ3v) is 2.89. The first-order valence-electron chi connectivity index (χ1n) is 5.69. The summed E-state index contributed by atoms with van der Waals surface area (Å²) in [4.78, 5) is 1.89.